The Balaban J connectivity index is 1.64. The van der Waals surface area contributed by atoms with E-state index < -0.39 is 5.92 Å². The molecule has 5 heteroatoms. The predicted octanol–water partition coefficient (Wildman–Crippen LogP) is 1.53. The van der Waals surface area contributed by atoms with Gasteiger partial charge in [-0.2, -0.15) is 5.10 Å². The summed E-state index contributed by atoms with van der Waals surface area (Å²) in [7, 11) is 0. The van der Waals surface area contributed by atoms with Crippen molar-refractivity contribution in [3.05, 3.63) is 17.5 Å². The summed E-state index contributed by atoms with van der Waals surface area (Å²) in [5, 5.41) is 7.56. The first-order valence-electron chi connectivity index (χ1n) is 5.26. The summed E-state index contributed by atoms with van der Waals surface area (Å²) in [4.78, 5) is 0. The summed E-state index contributed by atoms with van der Waals surface area (Å²) in [6.45, 7) is 2.31. The number of rotatable bonds is 2. The number of halogens is 2. The summed E-state index contributed by atoms with van der Waals surface area (Å²) in [5.74, 6) is -2.31. The average Bonchev–Trinajstić information content (AvgIpc) is 2.59. The SMILES string of the molecule is FC1(F)CC(Cn2cc3c(n2)CNC3)C1. The highest BCUT2D eigenvalue weighted by molar-refractivity contribution is 5.20. The van der Waals surface area contributed by atoms with E-state index in [9.17, 15) is 8.78 Å². The molecule has 0 atom stereocenters. The van der Waals surface area contributed by atoms with Crippen molar-refractivity contribution in [2.24, 2.45) is 5.92 Å². The van der Waals surface area contributed by atoms with Crippen molar-refractivity contribution in [3.8, 4) is 0 Å². The van der Waals surface area contributed by atoms with Crippen molar-refractivity contribution in [3.63, 3.8) is 0 Å². The van der Waals surface area contributed by atoms with Crippen molar-refractivity contribution in [1.82, 2.24) is 15.1 Å². The van der Waals surface area contributed by atoms with Crippen molar-refractivity contribution < 1.29 is 8.78 Å². The van der Waals surface area contributed by atoms with Gasteiger partial charge < -0.3 is 5.32 Å². The Morgan fingerprint density at radius 3 is 2.93 bits per heavy atom. The normalized spacial score (nSPS) is 23.9. The minimum Gasteiger partial charge on any atom is -0.307 e. The Bertz CT molecular complexity index is 357. The molecule has 0 bridgehead atoms. The third-order valence-electron chi connectivity index (χ3n) is 3.15. The zero-order chi connectivity index (χ0) is 10.5. The molecule has 0 saturated heterocycles. The summed E-state index contributed by atoms with van der Waals surface area (Å²) >= 11 is 0. The average molecular weight is 213 g/mol. The van der Waals surface area contributed by atoms with E-state index in [2.05, 4.69) is 10.4 Å². The van der Waals surface area contributed by atoms with Crippen LogP contribution in [0.4, 0.5) is 8.78 Å². The zero-order valence-corrected chi connectivity index (χ0v) is 8.34. The molecule has 3 nitrogen and oxygen atoms in total. The second-order valence-corrected chi connectivity index (χ2v) is 4.56. The van der Waals surface area contributed by atoms with E-state index in [1.54, 1.807) is 0 Å². The zero-order valence-electron chi connectivity index (χ0n) is 8.34. The van der Waals surface area contributed by atoms with Crippen LogP contribution in [0.5, 0.6) is 0 Å². The lowest BCUT2D eigenvalue weighted by Gasteiger charge is -2.34. The number of fused-ring (bicyclic) bond motifs is 1. The van der Waals surface area contributed by atoms with Gasteiger partial charge in [0.2, 0.25) is 5.92 Å². The van der Waals surface area contributed by atoms with Crippen LogP contribution in [0.1, 0.15) is 24.1 Å². The fourth-order valence-electron chi connectivity index (χ4n) is 2.39. The van der Waals surface area contributed by atoms with Gasteiger partial charge in [0.15, 0.2) is 0 Å². The highest BCUT2D eigenvalue weighted by Gasteiger charge is 2.45. The smallest absolute Gasteiger partial charge is 0.248 e. The molecular formula is C10H13F2N3. The quantitative estimate of drug-likeness (QED) is 0.807. The molecule has 1 fully saturated rings. The Morgan fingerprint density at radius 2 is 2.27 bits per heavy atom. The molecular weight excluding hydrogens is 200 g/mol. The van der Waals surface area contributed by atoms with Crippen molar-refractivity contribution in [2.75, 3.05) is 0 Å². The lowest BCUT2D eigenvalue weighted by Crippen LogP contribution is -2.37. The van der Waals surface area contributed by atoms with Gasteiger partial charge >= 0.3 is 0 Å². The number of aromatic nitrogens is 2. The second kappa shape index (κ2) is 3.01. The van der Waals surface area contributed by atoms with Crippen LogP contribution in [0.3, 0.4) is 0 Å². The molecule has 0 spiro atoms. The Labute approximate surface area is 86.5 Å². The molecule has 1 aromatic heterocycles. The standard InChI is InChI=1S/C10H13F2N3/c11-10(12)1-7(2-10)5-15-6-8-3-13-4-9(8)14-15/h6-7,13H,1-5H2. The molecule has 3 rings (SSSR count). The fourth-order valence-corrected chi connectivity index (χ4v) is 2.39. The molecule has 2 heterocycles. The summed E-state index contributed by atoms with van der Waals surface area (Å²) in [6.07, 6.45) is 2.03. The third-order valence-corrected chi connectivity index (χ3v) is 3.15. The van der Waals surface area contributed by atoms with Gasteiger partial charge in [0.25, 0.3) is 0 Å². The molecule has 1 N–H and O–H groups in total. The Kier molecular flexibility index (Phi) is 1.86. The van der Waals surface area contributed by atoms with Crippen LogP contribution in [0.15, 0.2) is 6.20 Å². The number of hydrogen-bond acceptors (Lipinski definition) is 2. The molecule has 0 amide bonds. The van der Waals surface area contributed by atoms with Gasteiger partial charge in [-0.1, -0.05) is 0 Å². The molecule has 1 aliphatic carbocycles. The topological polar surface area (TPSA) is 29.9 Å². The summed E-state index contributed by atoms with van der Waals surface area (Å²) in [6, 6.07) is 0. The highest BCUT2D eigenvalue weighted by Crippen LogP contribution is 2.43. The van der Waals surface area contributed by atoms with Crippen LogP contribution in [0.2, 0.25) is 0 Å². The number of nitrogens with one attached hydrogen (secondary N) is 1. The van der Waals surface area contributed by atoms with E-state index in [1.165, 1.54) is 5.56 Å². The van der Waals surface area contributed by atoms with Crippen LogP contribution >= 0.6 is 0 Å². The number of alkyl halides is 2. The Morgan fingerprint density at radius 1 is 1.47 bits per heavy atom. The van der Waals surface area contributed by atoms with E-state index in [0.29, 0.717) is 6.54 Å². The predicted molar refractivity (Wildman–Crippen MR) is 50.4 cm³/mol. The Hall–Kier alpha value is -0.970. The van der Waals surface area contributed by atoms with Gasteiger partial charge in [-0.15, -0.1) is 0 Å². The largest absolute Gasteiger partial charge is 0.307 e. The third kappa shape index (κ3) is 1.65. The van der Waals surface area contributed by atoms with Gasteiger partial charge in [-0.05, 0) is 5.92 Å². The molecule has 1 aliphatic heterocycles. The van der Waals surface area contributed by atoms with E-state index in [1.807, 2.05) is 10.9 Å². The van der Waals surface area contributed by atoms with Crippen LogP contribution in [-0.4, -0.2) is 15.7 Å². The molecule has 2 aliphatic rings. The first kappa shape index (κ1) is 9.27. The van der Waals surface area contributed by atoms with Crippen LogP contribution in [0, 0.1) is 5.92 Å². The van der Waals surface area contributed by atoms with Crippen molar-refractivity contribution in [1.29, 1.82) is 0 Å². The van der Waals surface area contributed by atoms with Crippen LogP contribution in [0.25, 0.3) is 0 Å². The maximum absolute atomic E-state index is 12.6. The molecule has 15 heavy (non-hydrogen) atoms. The minimum absolute atomic E-state index is 0.0236. The van der Waals surface area contributed by atoms with E-state index in [0.717, 1.165) is 18.8 Å². The number of nitrogens with zero attached hydrogens (tertiary/aromatic N) is 2. The summed E-state index contributed by atoms with van der Waals surface area (Å²) in [5.41, 5.74) is 2.28. The molecule has 1 saturated carbocycles. The fraction of sp³-hybridized carbons (Fsp3) is 0.700. The molecule has 0 unspecified atom stereocenters. The van der Waals surface area contributed by atoms with Gasteiger partial charge in [0.05, 0.1) is 5.69 Å². The van der Waals surface area contributed by atoms with E-state index >= 15 is 0 Å². The monoisotopic (exact) mass is 213 g/mol. The first-order chi connectivity index (χ1) is 7.12. The lowest BCUT2D eigenvalue weighted by molar-refractivity contribution is -0.114. The van der Waals surface area contributed by atoms with Crippen LogP contribution < -0.4 is 5.32 Å². The first-order valence-corrected chi connectivity index (χ1v) is 5.26. The second-order valence-electron chi connectivity index (χ2n) is 4.56. The summed E-state index contributed by atoms with van der Waals surface area (Å²) < 4.78 is 27.1. The molecule has 0 aromatic carbocycles. The maximum atomic E-state index is 12.6. The molecule has 82 valence electrons. The lowest BCUT2D eigenvalue weighted by atomic mass is 9.81. The van der Waals surface area contributed by atoms with Gasteiger partial charge in [-0.3, -0.25) is 4.68 Å². The number of hydrogen-bond donors (Lipinski definition) is 1. The maximum Gasteiger partial charge on any atom is 0.248 e. The van der Waals surface area contributed by atoms with Crippen LogP contribution in [-0.2, 0) is 19.6 Å². The van der Waals surface area contributed by atoms with Gasteiger partial charge in [0.1, 0.15) is 0 Å². The van der Waals surface area contributed by atoms with Gasteiger partial charge in [0, 0.05) is 44.2 Å². The van der Waals surface area contributed by atoms with Crippen molar-refractivity contribution >= 4 is 0 Å². The van der Waals surface area contributed by atoms with E-state index in [-0.39, 0.29) is 18.8 Å². The molecule has 0 radical (unpaired) electrons. The van der Waals surface area contributed by atoms with Gasteiger partial charge in [-0.25, -0.2) is 8.78 Å². The highest BCUT2D eigenvalue weighted by atomic mass is 19.3. The minimum atomic E-state index is -2.41. The molecule has 1 aromatic rings. The van der Waals surface area contributed by atoms with E-state index in [4.69, 9.17) is 0 Å². The van der Waals surface area contributed by atoms with Crippen molar-refractivity contribution in [2.45, 2.75) is 38.4 Å².